The van der Waals surface area contributed by atoms with Gasteiger partial charge in [-0.15, -0.1) is 0 Å². The van der Waals surface area contributed by atoms with E-state index in [9.17, 15) is 33.0 Å². The number of methoxy groups -OCH3 is 1. The zero-order chi connectivity index (χ0) is 26.1. The highest BCUT2D eigenvalue weighted by Crippen LogP contribution is 2.43. The average Bonchev–Trinajstić information content (AvgIpc) is 3.20. The summed E-state index contributed by atoms with van der Waals surface area (Å²) in [5, 5.41) is 23.6. The highest BCUT2D eigenvalue weighted by molar-refractivity contribution is 6.01. The number of hydrogen-bond donors (Lipinski definition) is 3. The standard InChI is InChI=1S/C25H26F3NO6/c1-13-16-12-35-22(31)18(16)19(29-3)15(20(13)34-4)10-11-17(25(26,27)28)21(30)24(2,23(32)33)14-8-6-5-7-9-14/h5-9,11,21,29-30H,10,12H2,1-4H3,(H,32,33)/b17-11+. The Kier molecular flexibility index (Phi) is 7.16. The number of esters is 1. The summed E-state index contributed by atoms with van der Waals surface area (Å²) in [5.74, 6) is -1.96. The number of ether oxygens (including phenoxy) is 2. The van der Waals surface area contributed by atoms with E-state index in [1.54, 1.807) is 13.0 Å². The highest BCUT2D eigenvalue weighted by atomic mass is 19.4. The normalized spacial score (nSPS) is 16.2. The third-order valence-electron chi connectivity index (χ3n) is 6.44. The lowest BCUT2D eigenvalue weighted by atomic mass is 9.74. The third-order valence-corrected chi connectivity index (χ3v) is 6.44. The molecule has 1 aliphatic rings. The molecule has 10 heteroatoms. The van der Waals surface area contributed by atoms with Gasteiger partial charge in [0.1, 0.15) is 23.9 Å². The van der Waals surface area contributed by atoms with E-state index in [0.717, 1.165) is 13.0 Å². The van der Waals surface area contributed by atoms with Gasteiger partial charge < -0.3 is 25.0 Å². The number of carboxylic acids is 1. The van der Waals surface area contributed by atoms with Gasteiger partial charge in [-0.05, 0) is 31.4 Å². The molecule has 0 aliphatic carbocycles. The molecular formula is C25H26F3NO6. The maximum absolute atomic E-state index is 14.2. The molecule has 0 bridgehead atoms. The molecule has 7 nitrogen and oxygen atoms in total. The molecule has 2 atom stereocenters. The molecule has 0 amide bonds. The molecule has 3 rings (SSSR count). The molecule has 2 aromatic carbocycles. The number of halogens is 3. The van der Waals surface area contributed by atoms with Crippen molar-refractivity contribution in [2.24, 2.45) is 0 Å². The zero-order valence-electron chi connectivity index (χ0n) is 19.6. The molecule has 0 spiro atoms. The summed E-state index contributed by atoms with van der Waals surface area (Å²) >= 11 is 0. The van der Waals surface area contributed by atoms with Crippen molar-refractivity contribution in [3.8, 4) is 5.75 Å². The fraction of sp³-hybridized carbons (Fsp3) is 0.360. The highest BCUT2D eigenvalue weighted by Gasteiger charge is 2.51. The Labute approximate surface area is 200 Å². The van der Waals surface area contributed by atoms with E-state index in [1.807, 2.05) is 0 Å². The minimum absolute atomic E-state index is 0.0137. The lowest BCUT2D eigenvalue weighted by Crippen LogP contribution is -2.47. The van der Waals surface area contributed by atoms with Crippen molar-refractivity contribution in [3.63, 3.8) is 0 Å². The number of carbonyl (C=O) groups is 2. The van der Waals surface area contributed by atoms with Gasteiger partial charge in [0, 0.05) is 18.2 Å². The van der Waals surface area contributed by atoms with Gasteiger partial charge in [0.2, 0.25) is 0 Å². The van der Waals surface area contributed by atoms with Gasteiger partial charge in [0.05, 0.1) is 23.9 Å². The van der Waals surface area contributed by atoms with Crippen LogP contribution in [0.3, 0.4) is 0 Å². The number of carboxylic acid groups (broad SMARTS) is 1. The lowest BCUT2D eigenvalue weighted by Gasteiger charge is -2.33. The number of carbonyl (C=O) groups excluding carboxylic acids is 1. The Bertz CT molecular complexity index is 1180. The number of nitrogens with one attached hydrogen (secondary N) is 1. The maximum atomic E-state index is 14.2. The van der Waals surface area contributed by atoms with Crippen molar-refractivity contribution in [3.05, 3.63) is 69.8 Å². The quantitative estimate of drug-likeness (QED) is 0.375. The molecule has 3 N–H and O–H groups in total. The summed E-state index contributed by atoms with van der Waals surface area (Å²) < 4.78 is 53.1. The number of cyclic esters (lactones) is 1. The topological polar surface area (TPSA) is 105 Å². The number of aliphatic carboxylic acids is 1. The zero-order valence-corrected chi connectivity index (χ0v) is 19.6. The molecule has 0 saturated carbocycles. The summed E-state index contributed by atoms with van der Waals surface area (Å²) in [5.41, 5.74) is -1.86. The molecule has 2 unspecified atom stereocenters. The summed E-state index contributed by atoms with van der Waals surface area (Å²) in [6, 6.07) is 7.25. The van der Waals surface area contributed by atoms with Gasteiger partial charge in [0.25, 0.3) is 0 Å². The predicted octanol–water partition coefficient (Wildman–Crippen LogP) is 4.15. The maximum Gasteiger partial charge on any atom is 0.414 e. The Morgan fingerprint density at radius 1 is 1.29 bits per heavy atom. The fourth-order valence-electron chi connectivity index (χ4n) is 4.42. The minimum atomic E-state index is -5.04. The van der Waals surface area contributed by atoms with Crippen LogP contribution >= 0.6 is 0 Å². The summed E-state index contributed by atoms with van der Waals surface area (Å²) in [6.07, 6.45) is -7.13. The number of fused-ring (bicyclic) bond motifs is 1. The summed E-state index contributed by atoms with van der Waals surface area (Å²) in [7, 11) is 2.87. The van der Waals surface area contributed by atoms with E-state index in [4.69, 9.17) is 9.47 Å². The molecule has 1 aliphatic heterocycles. The van der Waals surface area contributed by atoms with Crippen LogP contribution in [-0.2, 0) is 28.0 Å². The average molecular weight is 493 g/mol. The van der Waals surface area contributed by atoms with Gasteiger partial charge in [-0.3, -0.25) is 4.79 Å². The van der Waals surface area contributed by atoms with Gasteiger partial charge in [0.15, 0.2) is 0 Å². The largest absolute Gasteiger partial charge is 0.496 e. The first-order chi connectivity index (χ1) is 16.4. The second-order valence-electron chi connectivity index (χ2n) is 8.33. The van der Waals surface area contributed by atoms with Crippen LogP contribution in [-0.4, -0.2) is 48.6 Å². The monoisotopic (exact) mass is 493 g/mol. The predicted molar refractivity (Wildman–Crippen MR) is 122 cm³/mol. The molecule has 0 fully saturated rings. The number of benzene rings is 2. The Hall–Kier alpha value is -3.53. The first-order valence-electron chi connectivity index (χ1n) is 10.7. The number of aliphatic hydroxyl groups excluding tert-OH is 1. The second kappa shape index (κ2) is 9.61. The van der Waals surface area contributed by atoms with E-state index in [-0.39, 0.29) is 34.7 Å². The third kappa shape index (κ3) is 4.45. The van der Waals surface area contributed by atoms with Crippen molar-refractivity contribution < 1.29 is 42.4 Å². The van der Waals surface area contributed by atoms with Crippen molar-refractivity contribution in [2.45, 2.75) is 44.6 Å². The van der Waals surface area contributed by atoms with Gasteiger partial charge >= 0.3 is 18.1 Å². The lowest BCUT2D eigenvalue weighted by molar-refractivity contribution is -0.150. The van der Waals surface area contributed by atoms with Gasteiger partial charge in [-0.1, -0.05) is 36.4 Å². The number of rotatable bonds is 8. The van der Waals surface area contributed by atoms with Gasteiger partial charge in [-0.25, -0.2) is 4.79 Å². The smallest absolute Gasteiger partial charge is 0.414 e. The number of alkyl halides is 3. The number of anilines is 1. The van der Waals surface area contributed by atoms with E-state index < -0.39 is 41.6 Å². The Balaban J connectivity index is 2.18. The van der Waals surface area contributed by atoms with Crippen LogP contribution in [0.4, 0.5) is 18.9 Å². The molecule has 0 radical (unpaired) electrons. The molecule has 188 valence electrons. The van der Waals surface area contributed by atoms with E-state index in [2.05, 4.69) is 5.32 Å². The van der Waals surface area contributed by atoms with Crippen LogP contribution in [0.5, 0.6) is 5.75 Å². The van der Waals surface area contributed by atoms with Crippen molar-refractivity contribution in [2.75, 3.05) is 19.5 Å². The van der Waals surface area contributed by atoms with Crippen LogP contribution in [0.2, 0.25) is 0 Å². The van der Waals surface area contributed by atoms with Crippen LogP contribution in [0.15, 0.2) is 42.0 Å². The van der Waals surface area contributed by atoms with Gasteiger partial charge in [-0.2, -0.15) is 13.2 Å². The fourth-order valence-corrected chi connectivity index (χ4v) is 4.42. The van der Waals surface area contributed by atoms with Crippen LogP contribution in [0.25, 0.3) is 0 Å². The van der Waals surface area contributed by atoms with Crippen molar-refractivity contribution in [1.29, 1.82) is 0 Å². The minimum Gasteiger partial charge on any atom is -0.496 e. The van der Waals surface area contributed by atoms with Crippen LogP contribution in [0.1, 0.15) is 39.5 Å². The first-order valence-corrected chi connectivity index (χ1v) is 10.7. The molecule has 35 heavy (non-hydrogen) atoms. The molecule has 2 aromatic rings. The van der Waals surface area contributed by atoms with Crippen LogP contribution < -0.4 is 10.1 Å². The van der Waals surface area contributed by atoms with E-state index >= 15 is 0 Å². The molecule has 0 saturated heterocycles. The molecule has 0 aromatic heterocycles. The number of hydrogen-bond acceptors (Lipinski definition) is 6. The molecular weight excluding hydrogens is 467 g/mol. The SMILES string of the molecule is CNc1c(C/C=C(\C(O)C(C)(C(=O)O)c2ccccc2)C(F)(F)F)c(OC)c(C)c2c1C(=O)OC2. The van der Waals surface area contributed by atoms with Crippen LogP contribution in [0, 0.1) is 6.92 Å². The van der Waals surface area contributed by atoms with Crippen molar-refractivity contribution in [1.82, 2.24) is 0 Å². The number of allylic oxidation sites excluding steroid dienone is 1. The number of aliphatic hydroxyl groups is 1. The summed E-state index contributed by atoms with van der Waals surface area (Å²) in [6.45, 7) is 2.73. The van der Waals surface area contributed by atoms with E-state index in [1.165, 1.54) is 38.4 Å². The Morgan fingerprint density at radius 2 is 1.91 bits per heavy atom. The Morgan fingerprint density at radius 3 is 2.43 bits per heavy atom. The summed E-state index contributed by atoms with van der Waals surface area (Å²) in [4.78, 5) is 24.5. The first kappa shape index (κ1) is 26.1. The molecule has 1 heterocycles. The van der Waals surface area contributed by atoms with E-state index in [0.29, 0.717) is 11.1 Å². The van der Waals surface area contributed by atoms with Crippen molar-refractivity contribution >= 4 is 17.6 Å². The second-order valence-corrected chi connectivity index (χ2v) is 8.33.